The number of carbonyl (C=O) groups is 1. The second kappa shape index (κ2) is 10.1. The van der Waals surface area contributed by atoms with Crippen molar-refractivity contribution in [2.75, 3.05) is 36.1 Å². The molecular formula is C26H31N5O5S. The van der Waals surface area contributed by atoms with Crippen LogP contribution in [0.4, 0.5) is 17.3 Å². The van der Waals surface area contributed by atoms with Gasteiger partial charge in [-0.3, -0.25) is 4.79 Å². The first-order chi connectivity index (χ1) is 17.7. The number of aryl methyl sites for hydroxylation is 1. The molecule has 1 aromatic carbocycles. The molecule has 0 aliphatic carbocycles. The molecule has 0 radical (unpaired) electrons. The first-order valence-electron chi connectivity index (χ1n) is 12.4. The van der Waals surface area contributed by atoms with E-state index in [2.05, 4.69) is 27.3 Å². The number of benzene rings is 1. The van der Waals surface area contributed by atoms with Crippen LogP contribution in [-0.4, -0.2) is 60.7 Å². The normalized spacial score (nSPS) is 16.9. The number of hydrogen-bond acceptors (Lipinski definition) is 9. The molecule has 2 aliphatic heterocycles. The van der Waals surface area contributed by atoms with Gasteiger partial charge >= 0.3 is 5.97 Å². The third-order valence-electron chi connectivity index (χ3n) is 6.78. The fourth-order valence-corrected chi connectivity index (χ4v) is 5.57. The van der Waals surface area contributed by atoms with E-state index in [1.807, 2.05) is 25.1 Å². The Balaban J connectivity index is 1.27. The molecule has 0 unspecified atom stereocenters. The highest BCUT2D eigenvalue weighted by atomic mass is 32.2. The van der Waals surface area contributed by atoms with E-state index in [0.717, 1.165) is 48.4 Å². The molecule has 0 spiro atoms. The standard InChI is InChI=1S/C26H31N5O5S/c1-17-15-27-26(29-25(17)23-14-19-8-13-31(37(3,33)34)16-24(19)36-23)28-20-4-6-21(7-5-20)30-11-9-22(10-12-30)35-18(2)32/h4-7,14-15,22H,8-13,16H2,1-3H3,(H,27,28,29). The molecule has 1 saturated heterocycles. The van der Waals surface area contributed by atoms with Gasteiger partial charge in [-0.15, -0.1) is 0 Å². The van der Waals surface area contributed by atoms with Crippen LogP contribution in [0.3, 0.4) is 0 Å². The van der Waals surface area contributed by atoms with Gasteiger partial charge in [-0.2, -0.15) is 4.31 Å². The summed E-state index contributed by atoms with van der Waals surface area (Å²) in [6.07, 6.45) is 5.21. The van der Waals surface area contributed by atoms with Gasteiger partial charge < -0.3 is 19.4 Å². The molecule has 196 valence electrons. The van der Waals surface area contributed by atoms with E-state index >= 15 is 0 Å². The molecule has 1 fully saturated rings. The average Bonchev–Trinajstić information content (AvgIpc) is 3.29. The summed E-state index contributed by atoms with van der Waals surface area (Å²) < 4.78 is 36.7. The van der Waals surface area contributed by atoms with Crippen molar-refractivity contribution in [2.45, 2.75) is 45.8 Å². The van der Waals surface area contributed by atoms with Crippen molar-refractivity contribution >= 4 is 33.3 Å². The predicted molar refractivity (Wildman–Crippen MR) is 140 cm³/mol. The van der Waals surface area contributed by atoms with E-state index in [1.165, 1.54) is 17.5 Å². The smallest absolute Gasteiger partial charge is 0.302 e. The van der Waals surface area contributed by atoms with Gasteiger partial charge in [-0.1, -0.05) is 0 Å². The van der Waals surface area contributed by atoms with Crippen LogP contribution >= 0.6 is 0 Å². The highest BCUT2D eigenvalue weighted by Gasteiger charge is 2.27. The Labute approximate surface area is 216 Å². The number of nitrogens with zero attached hydrogens (tertiary/aromatic N) is 4. The van der Waals surface area contributed by atoms with Crippen LogP contribution in [0.1, 0.15) is 36.7 Å². The maximum absolute atomic E-state index is 11.9. The van der Waals surface area contributed by atoms with Gasteiger partial charge in [0.1, 0.15) is 17.6 Å². The van der Waals surface area contributed by atoms with Crippen LogP contribution in [0, 0.1) is 6.92 Å². The summed E-state index contributed by atoms with van der Waals surface area (Å²) in [5.74, 6) is 1.49. The van der Waals surface area contributed by atoms with E-state index in [0.29, 0.717) is 36.1 Å². The summed E-state index contributed by atoms with van der Waals surface area (Å²) in [5, 5.41) is 3.26. The summed E-state index contributed by atoms with van der Waals surface area (Å²) in [4.78, 5) is 22.6. The fraction of sp³-hybridized carbons (Fsp3) is 0.423. The van der Waals surface area contributed by atoms with E-state index in [4.69, 9.17) is 14.1 Å². The minimum absolute atomic E-state index is 0.000835. The molecule has 0 bridgehead atoms. The zero-order chi connectivity index (χ0) is 26.2. The molecule has 0 amide bonds. The van der Waals surface area contributed by atoms with Gasteiger partial charge in [0, 0.05) is 57.0 Å². The van der Waals surface area contributed by atoms with Gasteiger partial charge in [0.15, 0.2) is 5.76 Å². The second-order valence-corrected chi connectivity index (χ2v) is 11.6. The van der Waals surface area contributed by atoms with Gasteiger partial charge in [0.2, 0.25) is 16.0 Å². The van der Waals surface area contributed by atoms with E-state index in [9.17, 15) is 13.2 Å². The van der Waals surface area contributed by atoms with Crippen molar-refractivity contribution in [2.24, 2.45) is 0 Å². The van der Waals surface area contributed by atoms with Crippen molar-refractivity contribution in [3.8, 4) is 11.5 Å². The summed E-state index contributed by atoms with van der Waals surface area (Å²) in [6, 6.07) is 10.0. The van der Waals surface area contributed by atoms with Gasteiger partial charge in [-0.25, -0.2) is 18.4 Å². The lowest BCUT2D eigenvalue weighted by molar-refractivity contribution is -0.147. The van der Waals surface area contributed by atoms with Gasteiger partial charge in [-0.05, 0) is 54.8 Å². The molecule has 3 aromatic rings. The van der Waals surface area contributed by atoms with E-state index in [-0.39, 0.29) is 18.6 Å². The third-order valence-corrected chi connectivity index (χ3v) is 8.03. The van der Waals surface area contributed by atoms with Crippen molar-refractivity contribution < 1.29 is 22.4 Å². The molecule has 5 rings (SSSR count). The Morgan fingerprint density at radius 2 is 1.89 bits per heavy atom. The summed E-state index contributed by atoms with van der Waals surface area (Å²) in [6.45, 7) is 5.73. The van der Waals surface area contributed by atoms with Crippen molar-refractivity contribution in [3.05, 3.63) is 53.4 Å². The summed E-state index contributed by atoms with van der Waals surface area (Å²) >= 11 is 0. The SMILES string of the molecule is CC(=O)OC1CCN(c2ccc(Nc3ncc(C)c(-c4cc5c(o4)CN(S(C)(=O)=O)CC5)n3)cc2)CC1. The molecule has 37 heavy (non-hydrogen) atoms. The Morgan fingerprint density at radius 3 is 2.57 bits per heavy atom. The van der Waals surface area contributed by atoms with Gasteiger partial charge in [0.25, 0.3) is 0 Å². The Kier molecular flexibility index (Phi) is 6.91. The van der Waals surface area contributed by atoms with Crippen LogP contribution in [0.5, 0.6) is 0 Å². The first kappa shape index (κ1) is 25.2. The number of esters is 1. The Hall–Kier alpha value is -3.44. The largest absolute Gasteiger partial charge is 0.462 e. The minimum atomic E-state index is -3.27. The quantitative estimate of drug-likeness (QED) is 0.481. The zero-order valence-corrected chi connectivity index (χ0v) is 22.0. The predicted octanol–water partition coefficient (Wildman–Crippen LogP) is 3.64. The fourth-order valence-electron chi connectivity index (χ4n) is 4.80. The lowest BCUT2D eigenvalue weighted by atomic mass is 10.1. The maximum atomic E-state index is 11.9. The number of anilines is 3. The van der Waals surface area contributed by atoms with Crippen LogP contribution in [0.25, 0.3) is 11.5 Å². The number of carbonyl (C=O) groups excluding carboxylic acids is 1. The number of ether oxygens (including phenoxy) is 1. The Bertz CT molecular complexity index is 1400. The number of fused-ring (bicyclic) bond motifs is 1. The lowest BCUT2D eigenvalue weighted by Crippen LogP contribution is -2.37. The summed E-state index contributed by atoms with van der Waals surface area (Å²) in [5.41, 5.74) is 4.52. The molecule has 2 aromatic heterocycles. The van der Waals surface area contributed by atoms with Crippen molar-refractivity contribution in [1.82, 2.24) is 14.3 Å². The number of hydrogen-bond donors (Lipinski definition) is 1. The van der Waals surface area contributed by atoms with Crippen LogP contribution in [-0.2, 0) is 32.5 Å². The van der Waals surface area contributed by atoms with Crippen LogP contribution in [0.2, 0.25) is 0 Å². The summed E-state index contributed by atoms with van der Waals surface area (Å²) in [7, 11) is -3.27. The lowest BCUT2D eigenvalue weighted by Gasteiger charge is -2.33. The minimum Gasteiger partial charge on any atom is -0.462 e. The number of nitrogens with one attached hydrogen (secondary N) is 1. The number of furan rings is 1. The van der Waals surface area contributed by atoms with E-state index in [1.54, 1.807) is 6.20 Å². The zero-order valence-electron chi connectivity index (χ0n) is 21.2. The highest BCUT2D eigenvalue weighted by molar-refractivity contribution is 7.88. The second-order valence-electron chi connectivity index (χ2n) is 9.60. The molecule has 2 aliphatic rings. The Morgan fingerprint density at radius 1 is 1.16 bits per heavy atom. The average molecular weight is 526 g/mol. The van der Waals surface area contributed by atoms with Crippen molar-refractivity contribution in [3.63, 3.8) is 0 Å². The monoisotopic (exact) mass is 525 g/mol. The third kappa shape index (κ3) is 5.78. The number of rotatable bonds is 6. The molecule has 0 atom stereocenters. The molecule has 11 heteroatoms. The van der Waals surface area contributed by atoms with E-state index < -0.39 is 10.0 Å². The van der Waals surface area contributed by atoms with Gasteiger partial charge in [0.05, 0.1) is 12.8 Å². The molecule has 10 nitrogen and oxygen atoms in total. The number of sulfonamides is 1. The number of aromatic nitrogens is 2. The first-order valence-corrected chi connectivity index (χ1v) is 14.2. The highest BCUT2D eigenvalue weighted by Crippen LogP contribution is 2.32. The molecule has 0 saturated carbocycles. The maximum Gasteiger partial charge on any atom is 0.302 e. The van der Waals surface area contributed by atoms with Crippen LogP contribution in [0.15, 0.2) is 40.9 Å². The molecule has 4 heterocycles. The van der Waals surface area contributed by atoms with Crippen molar-refractivity contribution in [1.29, 1.82) is 0 Å². The van der Waals surface area contributed by atoms with Crippen LogP contribution < -0.4 is 10.2 Å². The molecule has 1 N–H and O–H groups in total. The molecular weight excluding hydrogens is 494 g/mol. The number of piperidine rings is 1. The topological polar surface area (TPSA) is 118 Å².